The lowest BCUT2D eigenvalue weighted by molar-refractivity contribution is -0.584. The van der Waals surface area contributed by atoms with Crippen LogP contribution in [0.3, 0.4) is 0 Å². The quantitative estimate of drug-likeness (QED) is 0.604. The van der Waals surface area contributed by atoms with Gasteiger partial charge in [0.1, 0.15) is 11.9 Å². The molecular weight excluding hydrogens is 343 g/mol. The van der Waals surface area contributed by atoms with Gasteiger partial charge in [-0.25, -0.2) is 4.90 Å². The van der Waals surface area contributed by atoms with E-state index in [1.807, 2.05) is 54.7 Å². The number of rotatable bonds is 3. The normalized spacial score (nSPS) is 14.3. The van der Waals surface area contributed by atoms with Crippen LogP contribution in [0.5, 0.6) is 0 Å². The fourth-order valence-electron chi connectivity index (χ4n) is 3.01. The van der Waals surface area contributed by atoms with Gasteiger partial charge in [-0.05, 0) is 61.4 Å². The van der Waals surface area contributed by atoms with E-state index < -0.39 is 0 Å². The number of hydrogen-bond acceptors (Lipinski definition) is 2. The van der Waals surface area contributed by atoms with Gasteiger partial charge >= 0.3 is 6.01 Å². The third-order valence-corrected chi connectivity index (χ3v) is 4.77. The first kappa shape index (κ1) is 15.6. The molecule has 1 saturated heterocycles. The number of benzene rings is 2. The number of hydrogen-bond donors (Lipinski definition) is 0. The Balaban J connectivity index is 1.80. The molecule has 5 heteroatoms. The second kappa shape index (κ2) is 6.50. The van der Waals surface area contributed by atoms with E-state index >= 15 is 0 Å². The molecule has 0 unspecified atom stereocenters. The summed E-state index contributed by atoms with van der Waals surface area (Å²) < 4.78 is 8.31. The fourth-order valence-corrected chi connectivity index (χ4v) is 3.26. The van der Waals surface area contributed by atoms with Crippen LogP contribution in [0.2, 0.25) is 10.0 Å². The fraction of sp³-hybridized carbons (Fsp3) is 0.211. The molecule has 2 aromatic carbocycles. The van der Waals surface area contributed by atoms with Gasteiger partial charge in [-0.2, -0.15) is 4.57 Å². The van der Waals surface area contributed by atoms with Crippen molar-refractivity contribution >= 4 is 29.2 Å². The number of halogens is 2. The average molecular weight is 360 g/mol. The number of anilines is 1. The molecule has 0 N–H and O–H groups in total. The van der Waals surface area contributed by atoms with Gasteiger partial charge in [0.2, 0.25) is 0 Å². The van der Waals surface area contributed by atoms with Crippen molar-refractivity contribution < 1.29 is 8.98 Å². The van der Waals surface area contributed by atoms with Crippen molar-refractivity contribution in [3.63, 3.8) is 0 Å². The molecule has 3 aromatic rings. The third kappa shape index (κ3) is 3.02. The highest BCUT2D eigenvalue weighted by molar-refractivity contribution is 6.30. The maximum Gasteiger partial charge on any atom is 0.462 e. The Labute approximate surface area is 151 Å². The molecule has 0 aliphatic carbocycles. The standard InChI is InChI=1S/C19H17Cl2N2O/c20-15-5-3-14(4-6-15)18-13-23(17-9-7-16(21)8-10-17)19(24-18)22-11-1-2-12-22/h3-10,13H,1-2,11-12H2/q+1. The molecule has 1 fully saturated rings. The molecule has 0 bridgehead atoms. The zero-order valence-corrected chi connectivity index (χ0v) is 14.6. The van der Waals surface area contributed by atoms with E-state index in [-0.39, 0.29) is 0 Å². The van der Waals surface area contributed by atoms with Crippen molar-refractivity contribution in [1.82, 2.24) is 0 Å². The molecule has 4 rings (SSSR count). The minimum Gasteiger partial charge on any atom is -0.387 e. The van der Waals surface area contributed by atoms with Crippen molar-refractivity contribution in [2.24, 2.45) is 0 Å². The molecule has 122 valence electrons. The maximum atomic E-state index is 6.22. The molecule has 1 aliphatic rings. The van der Waals surface area contributed by atoms with E-state index in [4.69, 9.17) is 27.6 Å². The summed E-state index contributed by atoms with van der Waals surface area (Å²) in [6.07, 6.45) is 4.41. The largest absolute Gasteiger partial charge is 0.462 e. The topological polar surface area (TPSA) is 20.3 Å². The monoisotopic (exact) mass is 359 g/mol. The summed E-state index contributed by atoms with van der Waals surface area (Å²) in [5.41, 5.74) is 2.04. The number of nitrogens with zero attached hydrogens (tertiary/aromatic N) is 2. The van der Waals surface area contributed by atoms with Gasteiger partial charge in [-0.15, -0.1) is 0 Å². The minimum absolute atomic E-state index is 0.718. The Bertz CT molecular complexity index is 835. The predicted octanol–water partition coefficient (Wildman–Crippen LogP) is 5.13. The second-order valence-electron chi connectivity index (χ2n) is 5.93. The molecule has 0 radical (unpaired) electrons. The van der Waals surface area contributed by atoms with Crippen LogP contribution in [-0.4, -0.2) is 13.1 Å². The second-order valence-corrected chi connectivity index (χ2v) is 6.80. The summed E-state index contributed by atoms with van der Waals surface area (Å²) in [6.45, 7) is 2.03. The number of oxazole rings is 1. The van der Waals surface area contributed by atoms with E-state index in [2.05, 4.69) is 9.47 Å². The van der Waals surface area contributed by atoms with Crippen LogP contribution >= 0.6 is 23.2 Å². The first-order chi connectivity index (χ1) is 11.7. The summed E-state index contributed by atoms with van der Waals surface area (Å²) in [7, 11) is 0. The molecule has 2 heterocycles. The molecule has 0 spiro atoms. The molecule has 0 saturated carbocycles. The van der Waals surface area contributed by atoms with E-state index in [1.165, 1.54) is 12.8 Å². The van der Waals surface area contributed by atoms with Gasteiger partial charge in [-0.3, -0.25) is 0 Å². The van der Waals surface area contributed by atoms with Crippen LogP contribution in [0.4, 0.5) is 6.01 Å². The third-order valence-electron chi connectivity index (χ3n) is 4.26. The summed E-state index contributed by atoms with van der Waals surface area (Å²) >= 11 is 12.0. The van der Waals surface area contributed by atoms with Crippen molar-refractivity contribution in [2.45, 2.75) is 12.8 Å². The Morgan fingerprint density at radius 2 is 1.42 bits per heavy atom. The lowest BCUT2D eigenvalue weighted by Crippen LogP contribution is -2.36. The van der Waals surface area contributed by atoms with E-state index in [0.717, 1.165) is 46.2 Å². The Morgan fingerprint density at radius 3 is 2.04 bits per heavy atom. The van der Waals surface area contributed by atoms with Crippen LogP contribution in [0.25, 0.3) is 17.0 Å². The van der Waals surface area contributed by atoms with E-state index in [0.29, 0.717) is 0 Å². The lowest BCUT2D eigenvalue weighted by Gasteiger charge is -2.07. The number of aromatic nitrogens is 1. The SMILES string of the molecule is Clc1ccc(-c2c[n+](-c3ccc(Cl)cc3)c(N3CCCC3)o2)cc1. The zero-order valence-electron chi connectivity index (χ0n) is 13.1. The molecule has 24 heavy (non-hydrogen) atoms. The summed E-state index contributed by atoms with van der Waals surface area (Å²) in [4.78, 5) is 2.29. The Morgan fingerprint density at radius 1 is 0.833 bits per heavy atom. The van der Waals surface area contributed by atoms with Crippen LogP contribution in [0, 0.1) is 0 Å². The average Bonchev–Trinajstić information content (AvgIpc) is 3.25. The Kier molecular flexibility index (Phi) is 4.21. The lowest BCUT2D eigenvalue weighted by atomic mass is 10.2. The maximum absolute atomic E-state index is 6.22. The predicted molar refractivity (Wildman–Crippen MR) is 97.1 cm³/mol. The van der Waals surface area contributed by atoms with Gasteiger partial charge in [0.15, 0.2) is 5.76 Å². The van der Waals surface area contributed by atoms with E-state index in [1.54, 1.807) is 0 Å². The van der Waals surface area contributed by atoms with E-state index in [9.17, 15) is 0 Å². The van der Waals surface area contributed by atoms with Crippen LogP contribution in [0.15, 0.2) is 59.1 Å². The smallest absolute Gasteiger partial charge is 0.387 e. The van der Waals surface area contributed by atoms with Gasteiger partial charge in [0.05, 0.1) is 13.1 Å². The first-order valence-corrected chi connectivity index (χ1v) is 8.79. The molecule has 1 aliphatic heterocycles. The molecule has 0 atom stereocenters. The van der Waals surface area contributed by atoms with Gasteiger partial charge < -0.3 is 4.42 Å². The van der Waals surface area contributed by atoms with Crippen molar-refractivity contribution in [2.75, 3.05) is 18.0 Å². The highest BCUT2D eigenvalue weighted by Gasteiger charge is 2.30. The Hall–Kier alpha value is -1.97. The van der Waals surface area contributed by atoms with Crippen LogP contribution < -0.4 is 9.47 Å². The van der Waals surface area contributed by atoms with Crippen molar-refractivity contribution in [3.05, 3.63) is 64.8 Å². The van der Waals surface area contributed by atoms with Crippen molar-refractivity contribution in [3.8, 4) is 17.0 Å². The molecule has 0 amide bonds. The highest BCUT2D eigenvalue weighted by atomic mass is 35.5. The highest BCUT2D eigenvalue weighted by Crippen LogP contribution is 2.28. The summed E-state index contributed by atoms with van der Waals surface area (Å²) in [6, 6.07) is 16.4. The molecule has 1 aromatic heterocycles. The van der Waals surface area contributed by atoms with Crippen LogP contribution in [-0.2, 0) is 0 Å². The molecule has 3 nitrogen and oxygen atoms in total. The van der Waals surface area contributed by atoms with Gasteiger partial charge in [-0.1, -0.05) is 23.2 Å². The van der Waals surface area contributed by atoms with Gasteiger partial charge in [0.25, 0.3) is 0 Å². The minimum atomic E-state index is 0.718. The van der Waals surface area contributed by atoms with Gasteiger partial charge in [0, 0.05) is 15.6 Å². The first-order valence-electron chi connectivity index (χ1n) is 8.03. The molecular formula is C19H17Cl2N2O+. The summed E-state index contributed by atoms with van der Waals surface area (Å²) in [5, 5.41) is 1.44. The van der Waals surface area contributed by atoms with Crippen LogP contribution in [0.1, 0.15) is 12.8 Å². The summed E-state index contributed by atoms with van der Waals surface area (Å²) in [5.74, 6) is 0.823. The van der Waals surface area contributed by atoms with Crippen molar-refractivity contribution in [1.29, 1.82) is 0 Å². The zero-order chi connectivity index (χ0) is 16.5.